The number of halogens is 1. The summed E-state index contributed by atoms with van der Waals surface area (Å²) in [6.45, 7) is 4.56. The second-order valence-corrected chi connectivity index (χ2v) is 8.96. The van der Waals surface area contributed by atoms with Crippen LogP contribution in [0.25, 0.3) is 0 Å². The summed E-state index contributed by atoms with van der Waals surface area (Å²) in [4.78, 5) is 16.3. The molecule has 27 heavy (non-hydrogen) atoms. The fraction of sp³-hybridized carbons (Fsp3) is 0.444. The average Bonchev–Trinajstić information content (AvgIpc) is 2.97. The van der Waals surface area contributed by atoms with Crippen LogP contribution in [0.5, 0.6) is 0 Å². The van der Waals surface area contributed by atoms with Gasteiger partial charge in [-0.1, -0.05) is 24.6 Å². The van der Waals surface area contributed by atoms with E-state index in [0.717, 1.165) is 22.8 Å². The molecule has 2 aromatic rings. The second kappa shape index (κ2) is 7.61. The fourth-order valence-electron chi connectivity index (χ4n) is 3.07. The highest BCUT2D eigenvalue weighted by Gasteiger charge is 2.31. The van der Waals surface area contributed by atoms with E-state index in [4.69, 9.17) is 11.6 Å². The van der Waals surface area contributed by atoms with E-state index in [1.54, 1.807) is 19.1 Å². The van der Waals surface area contributed by atoms with Gasteiger partial charge >= 0.3 is 0 Å². The van der Waals surface area contributed by atoms with Crippen molar-refractivity contribution in [3.05, 3.63) is 46.0 Å². The molecule has 0 aliphatic carbocycles. The largest absolute Gasteiger partial charge is 0.349 e. The highest BCUT2D eigenvalue weighted by Crippen LogP contribution is 2.27. The molecule has 7 nitrogen and oxygen atoms in total. The molecule has 3 rings (SSSR count). The van der Waals surface area contributed by atoms with Gasteiger partial charge in [-0.15, -0.1) is 0 Å². The van der Waals surface area contributed by atoms with Crippen LogP contribution < -0.4 is 5.32 Å². The Bertz CT molecular complexity index is 985. The summed E-state index contributed by atoms with van der Waals surface area (Å²) in [5, 5.41) is 3.24. The number of fused-ring (bicyclic) bond motifs is 1. The van der Waals surface area contributed by atoms with Gasteiger partial charge in [-0.3, -0.25) is 4.79 Å². The molecule has 0 saturated carbocycles. The Kier molecular flexibility index (Phi) is 5.60. The van der Waals surface area contributed by atoms with Crippen molar-refractivity contribution in [1.29, 1.82) is 0 Å². The molecule has 0 atom stereocenters. The first-order valence-corrected chi connectivity index (χ1v) is 10.6. The first-order valence-electron chi connectivity index (χ1n) is 8.80. The number of hydrogen-bond donors (Lipinski definition) is 1. The van der Waals surface area contributed by atoms with E-state index in [-0.39, 0.29) is 17.3 Å². The number of benzene rings is 1. The van der Waals surface area contributed by atoms with E-state index < -0.39 is 10.0 Å². The van der Waals surface area contributed by atoms with Crippen LogP contribution in [0.2, 0.25) is 5.02 Å². The van der Waals surface area contributed by atoms with Crippen molar-refractivity contribution < 1.29 is 13.2 Å². The van der Waals surface area contributed by atoms with Crippen LogP contribution in [0.15, 0.2) is 23.1 Å². The molecule has 2 heterocycles. The minimum absolute atomic E-state index is 0.0450. The first kappa shape index (κ1) is 19.9. The molecule has 0 saturated heterocycles. The average molecular weight is 411 g/mol. The zero-order valence-corrected chi connectivity index (χ0v) is 17.2. The molecule has 0 radical (unpaired) electrons. The third-order valence-electron chi connectivity index (χ3n) is 4.86. The lowest BCUT2D eigenvalue weighted by Gasteiger charge is -2.26. The topological polar surface area (TPSA) is 84.3 Å². The molecule has 1 aromatic heterocycles. The van der Waals surface area contributed by atoms with Crippen LogP contribution in [0, 0.1) is 6.92 Å². The number of aryl methyl sites for hydroxylation is 1. The van der Waals surface area contributed by atoms with Crippen molar-refractivity contribution >= 4 is 27.5 Å². The third kappa shape index (κ3) is 3.88. The van der Waals surface area contributed by atoms with Crippen molar-refractivity contribution in [2.75, 3.05) is 6.54 Å². The Morgan fingerprint density at radius 2 is 2.11 bits per heavy atom. The molecule has 0 bridgehead atoms. The first-order chi connectivity index (χ1) is 12.7. The minimum atomic E-state index is -3.64. The van der Waals surface area contributed by atoms with E-state index in [0.29, 0.717) is 31.0 Å². The zero-order valence-electron chi connectivity index (χ0n) is 15.6. The third-order valence-corrected chi connectivity index (χ3v) is 7.11. The van der Waals surface area contributed by atoms with Gasteiger partial charge in [0, 0.05) is 31.5 Å². The fourth-order valence-corrected chi connectivity index (χ4v) is 4.74. The minimum Gasteiger partial charge on any atom is -0.349 e. The highest BCUT2D eigenvalue weighted by atomic mass is 35.5. The van der Waals surface area contributed by atoms with E-state index in [1.807, 2.05) is 18.5 Å². The predicted molar refractivity (Wildman–Crippen MR) is 103 cm³/mol. The standard InChI is InChI=1S/C18H23ClN4O3S/c1-4-18(24)20-10-17-21-15-7-8-23(11-16(15)22(17)3)27(25,26)13-6-5-12(2)14(19)9-13/h5-6,9H,4,7-8,10-11H2,1-3H3,(H,20,24). The Morgan fingerprint density at radius 1 is 1.37 bits per heavy atom. The number of amides is 1. The van der Waals surface area contributed by atoms with Crippen molar-refractivity contribution in [3.8, 4) is 0 Å². The van der Waals surface area contributed by atoms with Gasteiger partial charge in [0.2, 0.25) is 15.9 Å². The Morgan fingerprint density at radius 3 is 2.78 bits per heavy atom. The number of hydrogen-bond acceptors (Lipinski definition) is 4. The van der Waals surface area contributed by atoms with E-state index in [2.05, 4.69) is 10.3 Å². The number of nitrogens with zero attached hydrogens (tertiary/aromatic N) is 3. The lowest BCUT2D eigenvalue weighted by molar-refractivity contribution is -0.120. The molecule has 1 aliphatic heterocycles. The highest BCUT2D eigenvalue weighted by molar-refractivity contribution is 7.89. The van der Waals surface area contributed by atoms with Gasteiger partial charge in [0.15, 0.2) is 0 Å². The Hall–Kier alpha value is -1.90. The Balaban J connectivity index is 1.84. The summed E-state index contributed by atoms with van der Waals surface area (Å²) < 4.78 is 29.3. The number of carbonyl (C=O) groups is 1. The molecule has 1 aliphatic rings. The maximum Gasteiger partial charge on any atom is 0.243 e. The van der Waals surface area contributed by atoms with E-state index >= 15 is 0 Å². The molecule has 1 aromatic carbocycles. The normalized spacial score (nSPS) is 14.8. The molecule has 1 N–H and O–H groups in total. The van der Waals surface area contributed by atoms with Gasteiger partial charge in [-0.25, -0.2) is 13.4 Å². The monoisotopic (exact) mass is 410 g/mol. The molecule has 0 unspecified atom stereocenters. The number of imidazole rings is 1. The molecule has 0 spiro atoms. The number of sulfonamides is 1. The van der Waals surface area contributed by atoms with Crippen molar-refractivity contribution in [2.24, 2.45) is 7.05 Å². The van der Waals surface area contributed by atoms with Gasteiger partial charge in [0.05, 0.1) is 29.4 Å². The number of carbonyl (C=O) groups excluding carboxylic acids is 1. The predicted octanol–water partition coefficient (Wildman–Crippen LogP) is 2.16. The van der Waals surface area contributed by atoms with E-state index in [1.165, 1.54) is 10.4 Å². The summed E-state index contributed by atoms with van der Waals surface area (Å²) in [5.41, 5.74) is 2.57. The van der Waals surface area contributed by atoms with Crippen molar-refractivity contribution in [2.45, 2.75) is 44.7 Å². The quantitative estimate of drug-likeness (QED) is 0.818. The summed E-state index contributed by atoms with van der Waals surface area (Å²) >= 11 is 6.11. The molecule has 1 amide bonds. The van der Waals surface area contributed by atoms with Crippen LogP contribution in [-0.4, -0.2) is 34.7 Å². The smallest absolute Gasteiger partial charge is 0.243 e. The lowest BCUT2D eigenvalue weighted by Crippen LogP contribution is -2.36. The number of nitrogens with one attached hydrogen (secondary N) is 1. The van der Waals surface area contributed by atoms with Crippen molar-refractivity contribution in [3.63, 3.8) is 0 Å². The lowest BCUT2D eigenvalue weighted by atomic mass is 10.2. The van der Waals surface area contributed by atoms with Gasteiger partial charge in [-0.2, -0.15) is 4.31 Å². The molecule has 0 fully saturated rings. The van der Waals surface area contributed by atoms with Gasteiger partial charge in [-0.05, 0) is 24.6 Å². The maximum absolute atomic E-state index is 13.0. The molecule has 146 valence electrons. The molecular formula is C18H23ClN4O3S. The van der Waals surface area contributed by atoms with Gasteiger partial charge in [0.25, 0.3) is 0 Å². The van der Waals surface area contributed by atoms with Crippen molar-refractivity contribution in [1.82, 2.24) is 19.2 Å². The van der Waals surface area contributed by atoms with Gasteiger partial charge < -0.3 is 9.88 Å². The SMILES string of the molecule is CCC(=O)NCc1nc2c(n1C)CN(S(=O)(=O)c1ccc(C)c(Cl)c1)CC2. The second-order valence-electron chi connectivity index (χ2n) is 6.61. The number of aromatic nitrogens is 2. The molecular weight excluding hydrogens is 388 g/mol. The van der Waals surface area contributed by atoms with Crippen LogP contribution in [0.3, 0.4) is 0 Å². The summed E-state index contributed by atoms with van der Waals surface area (Å²) in [6.07, 6.45) is 0.943. The van der Waals surface area contributed by atoms with Crippen LogP contribution in [-0.2, 0) is 41.4 Å². The number of rotatable bonds is 5. The van der Waals surface area contributed by atoms with Crippen LogP contribution in [0.4, 0.5) is 0 Å². The Labute approximate surface area is 164 Å². The summed E-state index contributed by atoms with van der Waals surface area (Å²) in [5.74, 6) is 0.677. The van der Waals surface area contributed by atoms with Gasteiger partial charge in [0.1, 0.15) is 5.82 Å². The zero-order chi connectivity index (χ0) is 19.8. The maximum atomic E-state index is 13.0. The molecule has 9 heteroatoms. The van der Waals surface area contributed by atoms with Crippen LogP contribution >= 0.6 is 11.6 Å². The summed E-state index contributed by atoms with van der Waals surface area (Å²) in [6, 6.07) is 4.79. The summed E-state index contributed by atoms with van der Waals surface area (Å²) in [7, 11) is -1.80. The van der Waals surface area contributed by atoms with E-state index in [9.17, 15) is 13.2 Å². The van der Waals surface area contributed by atoms with Crippen LogP contribution in [0.1, 0.15) is 36.1 Å².